The highest BCUT2D eigenvalue weighted by molar-refractivity contribution is 7.80. The molecule has 0 amide bonds. The summed E-state index contributed by atoms with van der Waals surface area (Å²) in [5.41, 5.74) is 3.50. The Morgan fingerprint density at radius 3 is 2.61 bits per heavy atom. The predicted octanol–water partition coefficient (Wildman–Crippen LogP) is 3.26. The first-order chi connectivity index (χ1) is 13.6. The van der Waals surface area contributed by atoms with E-state index in [4.69, 9.17) is 17.0 Å². The highest BCUT2D eigenvalue weighted by Gasteiger charge is 2.39. The number of benzene rings is 1. The molecule has 1 aliphatic rings. The van der Waals surface area contributed by atoms with Gasteiger partial charge >= 0.3 is 5.97 Å². The van der Waals surface area contributed by atoms with Crippen LogP contribution in [0.4, 0.5) is 0 Å². The van der Waals surface area contributed by atoms with Gasteiger partial charge in [0, 0.05) is 30.8 Å². The fourth-order valence-electron chi connectivity index (χ4n) is 3.57. The Labute approximate surface area is 168 Å². The number of pyridine rings is 1. The van der Waals surface area contributed by atoms with Crippen LogP contribution in [-0.2, 0) is 4.74 Å². The summed E-state index contributed by atoms with van der Waals surface area (Å²) in [5.74, 6) is -0.348. The van der Waals surface area contributed by atoms with Gasteiger partial charge in [0.05, 0.1) is 30.5 Å². The summed E-state index contributed by atoms with van der Waals surface area (Å²) in [6, 6.07) is 17.3. The van der Waals surface area contributed by atoms with Gasteiger partial charge in [-0.2, -0.15) is 0 Å². The summed E-state index contributed by atoms with van der Waals surface area (Å²) in [7, 11) is 3.37. The average Bonchev–Trinajstić information content (AvgIpc) is 3.33. The van der Waals surface area contributed by atoms with Crippen molar-refractivity contribution in [2.45, 2.75) is 12.1 Å². The van der Waals surface area contributed by atoms with E-state index in [1.165, 1.54) is 7.11 Å². The molecular weight excluding hydrogens is 372 g/mol. The van der Waals surface area contributed by atoms with E-state index in [2.05, 4.69) is 25.8 Å². The van der Waals surface area contributed by atoms with E-state index in [0.29, 0.717) is 10.7 Å². The van der Waals surface area contributed by atoms with E-state index in [-0.39, 0.29) is 18.1 Å². The lowest BCUT2D eigenvalue weighted by Gasteiger charge is -2.25. The zero-order chi connectivity index (χ0) is 19.7. The SMILES string of the molecule is COC(=O)c1ccc(-n2cccc2[C@H]2[C@H](c3ccccn3)NC(=S)N2C)cc1. The number of ether oxygens (including phenoxy) is 1. The van der Waals surface area contributed by atoms with E-state index in [1.54, 1.807) is 18.3 Å². The van der Waals surface area contributed by atoms with Crippen molar-refractivity contribution in [2.75, 3.05) is 14.2 Å². The van der Waals surface area contributed by atoms with Gasteiger partial charge in [0.2, 0.25) is 0 Å². The average molecular weight is 392 g/mol. The van der Waals surface area contributed by atoms with Gasteiger partial charge in [-0.25, -0.2) is 4.79 Å². The summed E-state index contributed by atoms with van der Waals surface area (Å²) in [5, 5.41) is 4.08. The van der Waals surface area contributed by atoms with Crippen molar-refractivity contribution in [2.24, 2.45) is 0 Å². The topological polar surface area (TPSA) is 59.4 Å². The number of hydrogen-bond donors (Lipinski definition) is 1. The number of carbonyl (C=O) groups is 1. The number of aromatic nitrogens is 2. The van der Waals surface area contributed by atoms with Crippen LogP contribution < -0.4 is 5.32 Å². The molecule has 1 saturated heterocycles. The number of nitrogens with one attached hydrogen (secondary N) is 1. The second-order valence-electron chi connectivity index (χ2n) is 6.58. The monoisotopic (exact) mass is 392 g/mol. The lowest BCUT2D eigenvalue weighted by molar-refractivity contribution is 0.0601. The zero-order valence-corrected chi connectivity index (χ0v) is 16.4. The molecule has 0 radical (unpaired) electrons. The van der Waals surface area contributed by atoms with Gasteiger partial charge in [-0.15, -0.1) is 0 Å². The number of rotatable bonds is 4. The Balaban J connectivity index is 1.73. The Morgan fingerprint density at radius 1 is 1.14 bits per heavy atom. The minimum absolute atomic E-state index is 0.0160. The summed E-state index contributed by atoms with van der Waals surface area (Å²) in [6.45, 7) is 0. The molecule has 3 aromatic rings. The molecule has 2 atom stereocenters. The van der Waals surface area contributed by atoms with Gasteiger partial charge in [-0.3, -0.25) is 4.98 Å². The number of nitrogens with zero attached hydrogens (tertiary/aromatic N) is 3. The van der Waals surface area contributed by atoms with Gasteiger partial charge in [-0.05, 0) is 60.7 Å². The van der Waals surface area contributed by atoms with Crippen molar-refractivity contribution in [1.29, 1.82) is 0 Å². The molecule has 1 fully saturated rings. The molecule has 4 rings (SSSR count). The van der Waals surface area contributed by atoms with Crippen LogP contribution in [0.3, 0.4) is 0 Å². The molecule has 1 N–H and O–H groups in total. The quantitative estimate of drug-likeness (QED) is 0.543. The van der Waals surface area contributed by atoms with Crippen molar-refractivity contribution >= 4 is 23.3 Å². The van der Waals surface area contributed by atoms with E-state index >= 15 is 0 Å². The van der Waals surface area contributed by atoms with Crippen LogP contribution >= 0.6 is 12.2 Å². The highest BCUT2D eigenvalue weighted by Crippen LogP contribution is 2.38. The first-order valence-corrected chi connectivity index (χ1v) is 9.31. The second-order valence-corrected chi connectivity index (χ2v) is 6.97. The molecule has 1 aromatic carbocycles. The molecule has 0 unspecified atom stereocenters. The molecule has 0 aliphatic carbocycles. The highest BCUT2D eigenvalue weighted by atomic mass is 32.1. The number of carbonyl (C=O) groups excluding carboxylic acids is 1. The smallest absolute Gasteiger partial charge is 0.337 e. The molecule has 28 heavy (non-hydrogen) atoms. The van der Waals surface area contributed by atoms with Crippen molar-refractivity contribution in [3.63, 3.8) is 0 Å². The van der Waals surface area contributed by atoms with E-state index in [1.807, 2.05) is 49.6 Å². The van der Waals surface area contributed by atoms with Crippen molar-refractivity contribution < 1.29 is 9.53 Å². The summed E-state index contributed by atoms with van der Waals surface area (Å²) in [4.78, 5) is 18.3. The first-order valence-electron chi connectivity index (χ1n) is 8.90. The maximum absolute atomic E-state index is 11.7. The molecule has 1 aliphatic heterocycles. The maximum Gasteiger partial charge on any atom is 0.337 e. The van der Waals surface area contributed by atoms with Gasteiger partial charge in [0.25, 0.3) is 0 Å². The number of likely N-dealkylation sites (N-methyl/N-ethyl adjacent to an activating group) is 1. The lowest BCUT2D eigenvalue weighted by Crippen LogP contribution is -2.25. The van der Waals surface area contributed by atoms with Gasteiger partial charge < -0.3 is 19.5 Å². The minimum atomic E-state index is -0.348. The second kappa shape index (κ2) is 7.44. The molecule has 0 bridgehead atoms. The van der Waals surface area contributed by atoms with Crippen LogP contribution in [0.2, 0.25) is 0 Å². The minimum Gasteiger partial charge on any atom is -0.465 e. The third-order valence-electron chi connectivity index (χ3n) is 4.99. The molecule has 0 saturated carbocycles. The molecule has 2 aromatic heterocycles. The number of methoxy groups -OCH3 is 1. The van der Waals surface area contributed by atoms with Crippen LogP contribution in [0.1, 0.15) is 33.8 Å². The van der Waals surface area contributed by atoms with Crippen LogP contribution in [0.25, 0.3) is 5.69 Å². The fourth-order valence-corrected chi connectivity index (χ4v) is 3.82. The largest absolute Gasteiger partial charge is 0.465 e. The summed E-state index contributed by atoms with van der Waals surface area (Å²) in [6.07, 6.45) is 3.80. The van der Waals surface area contributed by atoms with E-state index in [0.717, 1.165) is 17.1 Å². The molecular formula is C21H20N4O2S. The Kier molecular flexibility index (Phi) is 4.83. The number of thiocarbonyl (C=S) groups is 1. The molecule has 0 spiro atoms. The van der Waals surface area contributed by atoms with Crippen LogP contribution in [-0.4, -0.2) is 39.7 Å². The predicted molar refractivity (Wildman–Crippen MR) is 110 cm³/mol. The van der Waals surface area contributed by atoms with Gasteiger partial charge in [0.15, 0.2) is 5.11 Å². The third-order valence-corrected chi connectivity index (χ3v) is 5.39. The number of esters is 1. The van der Waals surface area contributed by atoms with Crippen LogP contribution in [0.15, 0.2) is 67.0 Å². The molecule has 3 heterocycles. The van der Waals surface area contributed by atoms with Crippen molar-refractivity contribution in [1.82, 2.24) is 19.8 Å². The van der Waals surface area contributed by atoms with E-state index in [9.17, 15) is 4.79 Å². The van der Waals surface area contributed by atoms with Gasteiger partial charge in [0.1, 0.15) is 0 Å². The molecule has 7 heteroatoms. The number of hydrogen-bond acceptors (Lipinski definition) is 4. The van der Waals surface area contributed by atoms with Gasteiger partial charge in [-0.1, -0.05) is 6.07 Å². The van der Waals surface area contributed by atoms with Crippen LogP contribution in [0.5, 0.6) is 0 Å². The maximum atomic E-state index is 11.7. The third kappa shape index (κ3) is 3.14. The summed E-state index contributed by atoms with van der Waals surface area (Å²) < 4.78 is 6.88. The van der Waals surface area contributed by atoms with Crippen molar-refractivity contribution in [3.8, 4) is 5.69 Å². The molecule has 6 nitrogen and oxygen atoms in total. The lowest BCUT2D eigenvalue weighted by atomic mass is 10.0. The van der Waals surface area contributed by atoms with Crippen LogP contribution in [0, 0.1) is 0 Å². The van der Waals surface area contributed by atoms with Crippen molar-refractivity contribution in [3.05, 3.63) is 83.9 Å². The first kappa shape index (κ1) is 18.2. The standard InChI is InChI=1S/C21H20N4O2S/c1-24-19(18(23-21(24)28)16-6-3-4-12-22-16)17-7-5-13-25(17)15-10-8-14(9-11-15)20(26)27-2/h3-13,18-19H,1-2H3,(H,23,28)/t18-,19-/m0/s1. The Bertz CT molecular complexity index is 1000. The van der Waals surface area contributed by atoms with E-state index < -0.39 is 0 Å². The summed E-state index contributed by atoms with van der Waals surface area (Å²) >= 11 is 5.52. The fraction of sp³-hybridized carbons (Fsp3) is 0.190. The Hall–Kier alpha value is -3.19. The normalized spacial score (nSPS) is 18.8. The molecule has 142 valence electrons. The zero-order valence-electron chi connectivity index (χ0n) is 15.6. The Morgan fingerprint density at radius 2 is 1.93 bits per heavy atom.